The van der Waals surface area contributed by atoms with Gasteiger partial charge < -0.3 is 4.74 Å². The maximum atomic E-state index is 10.9. The molecule has 2 atom stereocenters. The molecule has 0 aromatic carbocycles. The van der Waals surface area contributed by atoms with Crippen LogP contribution < -0.4 is 0 Å². The van der Waals surface area contributed by atoms with Crippen LogP contribution in [0.3, 0.4) is 0 Å². The molecule has 0 radical (unpaired) electrons. The number of carbonyl (C=O) groups excluding carboxylic acids is 1. The number of hydrogen-bond acceptors (Lipinski definition) is 2. The molecule has 0 spiro atoms. The van der Waals surface area contributed by atoms with Crippen molar-refractivity contribution in [2.45, 2.75) is 65.9 Å². The minimum atomic E-state index is -0.255. The van der Waals surface area contributed by atoms with Crippen molar-refractivity contribution in [2.75, 3.05) is 0 Å². The molecule has 0 bridgehead atoms. The first-order valence-corrected chi connectivity index (χ1v) is 5.63. The second kappa shape index (κ2) is 6.05. The topological polar surface area (TPSA) is 26.3 Å². The van der Waals surface area contributed by atoms with Crippen LogP contribution in [0.4, 0.5) is 0 Å². The average Bonchev–Trinajstić information content (AvgIpc) is 2.13. The van der Waals surface area contributed by atoms with Gasteiger partial charge in [-0.3, -0.25) is 4.79 Å². The molecule has 2 nitrogen and oxygen atoms in total. The third-order valence-corrected chi connectivity index (χ3v) is 3.00. The van der Waals surface area contributed by atoms with Gasteiger partial charge in [-0.15, -0.1) is 0 Å². The molecule has 0 N–H and O–H groups in total. The molecule has 0 aromatic heterocycles. The summed E-state index contributed by atoms with van der Waals surface area (Å²) < 4.78 is 5.34. The Balaban J connectivity index is 4.04. The van der Waals surface area contributed by atoms with Gasteiger partial charge in [-0.1, -0.05) is 27.2 Å². The molecule has 0 aliphatic heterocycles. The van der Waals surface area contributed by atoms with Crippen molar-refractivity contribution in [3.05, 3.63) is 0 Å². The smallest absolute Gasteiger partial charge is 0.303 e. The van der Waals surface area contributed by atoms with Crippen LogP contribution in [0, 0.1) is 5.92 Å². The molecule has 0 heterocycles. The van der Waals surface area contributed by atoms with E-state index in [9.17, 15) is 4.79 Å². The standard InChI is InChI=1S/C12H24O2/c1-6-10(3)8-9-12(5,7-2)14-11(4)13/h10H,6-9H2,1-5H3/t10-,12-/m1/s1. The molecule has 0 amide bonds. The van der Waals surface area contributed by atoms with E-state index in [0.29, 0.717) is 0 Å². The van der Waals surface area contributed by atoms with Crippen molar-refractivity contribution in [2.24, 2.45) is 5.92 Å². The second-order valence-electron chi connectivity index (χ2n) is 4.45. The minimum Gasteiger partial charge on any atom is -0.460 e. The van der Waals surface area contributed by atoms with E-state index >= 15 is 0 Å². The van der Waals surface area contributed by atoms with E-state index in [1.807, 2.05) is 6.92 Å². The van der Waals surface area contributed by atoms with Crippen LogP contribution in [0.5, 0.6) is 0 Å². The lowest BCUT2D eigenvalue weighted by Gasteiger charge is -2.28. The first-order chi connectivity index (χ1) is 6.43. The third-order valence-electron chi connectivity index (χ3n) is 3.00. The van der Waals surface area contributed by atoms with Crippen molar-refractivity contribution in [3.8, 4) is 0 Å². The molecule has 0 aliphatic rings. The number of rotatable bonds is 6. The molecule has 0 fully saturated rings. The molecule has 84 valence electrons. The Morgan fingerprint density at radius 2 is 2.00 bits per heavy atom. The number of ether oxygens (including phenoxy) is 1. The van der Waals surface area contributed by atoms with Crippen LogP contribution in [-0.4, -0.2) is 11.6 Å². The average molecular weight is 200 g/mol. The maximum Gasteiger partial charge on any atom is 0.303 e. The Morgan fingerprint density at radius 3 is 2.36 bits per heavy atom. The maximum absolute atomic E-state index is 10.9. The highest BCUT2D eigenvalue weighted by Gasteiger charge is 2.25. The highest BCUT2D eigenvalue weighted by molar-refractivity contribution is 5.66. The highest BCUT2D eigenvalue weighted by Crippen LogP contribution is 2.25. The summed E-state index contributed by atoms with van der Waals surface area (Å²) in [7, 11) is 0. The van der Waals surface area contributed by atoms with Gasteiger partial charge in [-0.05, 0) is 32.1 Å². The molecule has 0 aromatic rings. The monoisotopic (exact) mass is 200 g/mol. The predicted molar refractivity (Wildman–Crippen MR) is 59.2 cm³/mol. The van der Waals surface area contributed by atoms with E-state index in [0.717, 1.165) is 25.2 Å². The van der Waals surface area contributed by atoms with Crippen LogP contribution in [0.2, 0.25) is 0 Å². The van der Waals surface area contributed by atoms with Gasteiger partial charge in [0.25, 0.3) is 0 Å². The summed E-state index contributed by atoms with van der Waals surface area (Å²) in [5.41, 5.74) is -0.255. The van der Waals surface area contributed by atoms with Crippen LogP contribution in [0.25, 0.3) is 0 Å². The zero-order valence-electron chi connectivity index (χ0n) is 10.2. The summed E-state index contributed by atoms with van der Waals surface area (Å²) >= 11 is 0. The van der Waals surface area contributed by atoms with E-state index in [1.54, 1.807) is 0 Å². The van der Waals surface area contributed by atoms with Crippen molar-refractivity contribution in [1.29, 1.82) is 0 Å². The zero-order valence-corrected chi connectivity index (χ0v) is 10.2. The molecule has 0 saturated heterocycles. The lowest BCUT2D eigenvalue weighted by atomic mass is 9.91. The summed E-state index contributed by atoms with van der Waals surface area (Å²) in [4.78, 5) is 10.9. The Bertz CT molecular complexity index is 177. The Labute approximate surface area is 88.0 Å². The van der Waals surface area contributed by atoms with Gasteiger partial charge in [0.05, 0.1) is 0 Å². The molecule has 0 rings (SSSR count). The van der Waals surface area contributed by atoms with Gasteiger partial charge >= 0.3 is 5.97 Å². The SMILES string of the molecule is CC[C@@H](C)CC[C@@](C)(CC)OC(C)=O. The van der Waals surface area contributed by atoms with Gasteiger partial charge in [0.1, 0.15) is 5.60 Å². The summed E-state index contributed by atoms with van der Waals surface area (Å²) in [6.07, 6.45) is 4.19. The second-order valence-corrected chi connectivity index (χ2v) is 4.45. The van der Waals surface area contributed by atoms with Gasteiger partial charge in [-0.2, -0.15) is 0 Å². The van der Waals surface area contributed by atoms with Crippen LogP contribution in [0.1, 0.15) is 60.3 Å². The minimum absolute atomic E-state index is 0.168. The van der Waals surface area contributed by atoms with Crippen molar-refractivity contribution in [1.82, 2.24) is 0 Å². The van der Waals surface area contributed by atoms with Crippen LogP contribution in [0.15, 0.2) is 0 Å². The fraction of sp³-hybridized carbons (Fsp3) is 0.917. The van der Waals surface area contributed by atoms with E-state index < -0.39 is 0 Å². The van der Waals surface area contributed by atoms with E-state index in [4.69, 9.17) is 4.74 Å². The van der Waals surface area contributed by atoms with Crippen molar-refractivity contribution >= 4 is 5.97 Å². The summed E-state index contributed by atoms with van der Waals surface area (Å²) in [6, 6.07) is 0. The quantitative estimate of drug-likeness (QED) is 0.613. The van der Waals surface area contributed by atoms with Crippen molar-refractivity contribution in [3.63, 3.8) is 0 Å². The molecular weight excluding hydrogens is 176 g/mol. The van der Waals surface area contributed by atoms with Crippen LogP contribution >= 0.6 is 0 Å². The number of hydrogen-bond donors (Lipinski definition) is 0. The van der Waals surface area contributed by atoms with Gasteiger partial charge in [0, 0.05) is 6.92 Å². The molecular formula is C12H24O2. The van der Waals surface area contributed by atoms with Crippen LogP contribution in [-0.2, 0) is 9.53 Å². The van der Waals surface area contributed by atoms with Crippen molar-refractivity contribution < 1.29 is 9.53 Å². The Hall–Kier alpha value is -0.530. The third kappa shape index (κ3) is 5.25. The molecule has 14 heavy (non-hydrogen) atoms. The number of esters is 1. The van der Waals surface area contributed by atoms with E-state index in [1.165, 1.54) is 13.3 Å². The lowest BCUT2D eigenvalue weighted by Crippen LogP contribution is -2.30. The summed E-state index contributed by atoms with van der Waals surface area (Å²) in [5, 5.41) is 0. The lowest BCUT2D eigenvalue weighted by molar-refractivity contribution is -0.156. The highest BCUT2D eigenvalue weighted by atomic mass is 16.6. The first kappa shape index (κ1) is 13.5. The van der Waals surface area contributed by atoms with Gasteiger partial charge in [0.2, 0.25) is 0 Å². The zero-order chi connectivity index (χ0) is 11.2. The summed E-state index contributed by atoms with van der Waals surface area (Å²) in [5.74, 6) is 0.551. The normalized spacial score (nSPS) is 17.2. The molecule has 2 heteroatoms. The predicted octanol–water partition coefficient (Wildman–Crippen LogP) is 3.54. The Kier molecular flexibility index (Phi) is 5.82. The van der Waals surface area contributed by atoms with E-state index in [2.05, 4.69) is 20.8 Å². The van der Waals surface area contributed by atoms with E-state index in [-0.39, 0.29) is 11.6 Å². The fourth-order valence-electron chi connectivity index (χ4n) is 1.40. The molecule has 0 aliphatic carbocycles. The molecule has 0 unspecified atom stereocenters. The van der Waals surface area contributed by atoms with Gasteiger partial charge in [0.15, 0.2) is 0 Å². The number of carbonyl (C=O) groups is 1. The Morgan fingerprint density at radius 1 is 1.43 bits per heavy atom. The molecule has 0 saturated carbocycles. The largest absolute Gasteiger partial charge is 0.460 e. The first-order valence-electron chi connectivity index (χ1n) is 5.63. The summed E-state index contributed by atoms with van der Waals surface area (Å²) in [6.45, 7) is 10.0. The fourth-order valence-corrected chi connectivity index (χ4v) is 1.40. The van der Waals surface area contributed by atoms with Gasteiger partial charge in [-0.25, -0.2) is 0 Å².